The lowest BCUT2D eigenvalue weighted by Gasteiger charge is -2.31. The smallest absolute Gasteiger partial charge is 0.311 e. The average Bonchev–Trinajstić information content (AvgIpc) is 3.48. The first kappa shape index (κ1) is 32.2. The number of methoxy groups -OCH3 is 2. The highest BCUT2D eigenvalue weighted by Crippen LogP contribution is 2.45. The molecule has 0 bridgehead atoms. The largest absolute Gasteiger partial charge is 0.496 e. The maximum absolute atomic E-state index is 13.1. The Morgan fingerprint density at radius 2 is 1.62 bits per heavy atom. The number of likely N-dealkylation sites (tertiary alicyclic amines) is 1. The molecule has 1 aliphatic rings. The average molecular weight is 660 g/mol. The van der Waals surface area contributed by atoms with Crippen molar-refractivity contribution < 1.29 is 19.1 Å². The number of aryl methyl sites for hydroxylation is 1. The Morgan fingerprint density at radius 3 is 2.14 bits per heavy atom. The summed E-state index contributed by atoms with van der Waals surface area (Å²) in [6, 6.07) is 6.28. The molecule has 0 saturated carbocycles. The minimum atomic E-state index is -0.346. The zero-order chi connectivity index (χ0) is 31.0. The van der Waals surface area contributed by atoms with Crippen LogP contribution in [0.4, 0.5) is 0 Å². The van der Waals surface area contributed by atoms with Crippen LogP contribution in [0.25, 0.3) is 11.3 Å². The molecule has 3 heterocycles. The van der Waals surface area contributed by atoms with Crippen molar-refractivity contribution in [3.05, 3.63) is 49.5 Å². The minimum Gasteiger partial charge on any atom is -0.496 e. The third kappa shape index (κ3) is 7.08. The number of esters is 1. The van der Waals surface area contributed by atoms with Crippen LogP contribution in [-0.2, 0) is 38.1 Å². The van der Waals surface area contributed by atoms with E-state index in [-0.39, 0.29) is 35.7 Å². The Hall–Kier alpha value is -2.72. The SMILES string of the molecule is COC(=O)Cc1cc(C)n(CC(=O)N2CCC(c3nc(-c4cc(C(C)(C)C)c(OC)c(C(C)(C)C)c4)c(Br)s3)CC2)n1. The van der Waals surface area contributed by atoms with Crippen LogP contribution in [0.2, 0.25) is 0 Å². The first-order valence-electron chi connectivity index (χ1n) is 14.4. The number of hydrogen-bond acceptors (Lipinski definition) is 7. The Balaban J connectivity index is 1.49. The summed E-state index contributed by atoms with van der Waals surface area (Å²) in [5, 5.41) is 5.54. The number of amides is 1. The molecule has 0 unspecified atom stereocenters. The van der Waals surface area contributed by atoms with E-state index in [4.69, 9.17) is 14.5 Å². The van der Waals surface area contributed by atoms with E-state index in [1.165, 1.54) is 18.2 Å². The molecule has 3 aromatic rings. The number of nitrogens with zero attached hydrogens (tertiary/aromatic N) is 4. The summed E-state index contributed by atoms with van der Waals surface area (Å²) >= 11 is 5.52. The van der Waals surface area contributed by atoms with Gasteiger partial charge in [-0.05, 0) is 64.7 Å². The second kappa shape index (κ2) is 12.5. The molecular formula is C32H43BrN4O4S. The number of piperidine rings is 1. The van der Waals surface area contributed by atoms with E-state index < -0.39 is 0 Å². The molecule has 1 aliphatic heterocycles. The summed E-state index contributed by atoms with van der Waals surface area (Å²) in [6.07, 6.45) is 1.82. The lowest BCUT2D eigenvalue weighted by molar-refractivity contribution is -0.139. The molecule has 2 aromatic heterocycles. The third-order valence-corrected chi connectivity index (χ3v) is 9.72. The molecule has 1 fully saturated rings. The molecule has 0 radical (unpaired) electrons. The van der Waals surface area contributed by atoms with Crippen molar-refractivity contribution in [2.75, 3.05) is 27.3 Å². The predicted molar refractivity (Wildman–Crippen MR) is 170 cm³/mol. The fraction of sp³-hybridized carbons (Fsp3) is 0.562. The Bertz CT molecular complexity index is 1420. The molecule has 42 heavy (non-hydrogen) atoms. The number of benzene rings is 1. The van der Waals surface area contributed by atoms with Crippen LogP contribution in [-0.4, -0.2) is 58.8 Å². The van der Waals surface area contributed by atoms with E-state index in [0.717, 1.165) is 44.3 Å². The van der Waals surface area contributed by atoms with Crippen LogP contribution < -0.4 is 4.74 Å². The number of carbonyl (C=O) groups excluding carboxylic acids is 2. The molecule has 1 aromatic carbocycles. The fourth-order valence-corrected chi connectivity index (χ4v) is 7.22. The first-order valence-corrected chi connectivity index (χ1v) is 16.0. The van der Waals surface area contributed by atoms with Gasteiger partial charge in [-0.1, -0.05) is 41.5 Å². The summed E-state index contributed by atoms with van der Waals surface area (Å²) in [4.78, 5) is 31.8. The van der Waals surface area contributed by atoms with Crippen LogP contribution in [0.1, 0.15) is 87.8 Å². The van der Waals surface area contributed by atoms with Gasteiger partial charge in [0.1, 0.15) is 12.3 Å². The van der Waals surface area contributed by atoms with Crippen molar-refractivity contribution in [2.45, 2.75) is 91.0 Å². The van der Waals surface area contributed by atoms with Crippen molar-refractivity contribution in [1.82, 2.24) is 19.7 Å². The molecule has 0 aliphatic carbocycles. The van der Waals surface area contributed by atoms with Gasteiger partial charge in [0.15, 0.2) is 0 Å². The van der Waals surface area contributed by atoms with Gasteiger partial charge in [-0.2, -0.15) is 5.10 Å². The van der Waals surface area contributed by atoms with Gasteiger partial charge in [0.2, 0.25) is 5.91 Å². The lowest BCUT2D eigenvalue weighted by Crippen LogP contribution is -2.40. The van der Waals surface area contributed by atoms with Crippen molar-refractivity contribution in [1.29, 1.82) is 0 Å². The molecule has 1 saturated heterocycles. The number of rotatable bonds is 7. The van der Waals surface area contributed by atoms with E-state index in [1.54, 1.807) is 23.1 Å². The van der Waals surface area contributed by atoms with Crippen LogP contribution >= 0.6 is 27.3 Å². The van der Waals surface area contributed by atoms with Crippen molar-refractivity contribution in [3.8, 4) is 17.0 Å². The summed E-state index contributed by atoms with van der Waals surface area (Å²) in [6.45, 7) is 16.7. The molecule has 8 nitrogen and oxygen atoms in total. The van der Waals surface area contributed by atoms with Crippen LogP contribution in [0.15, 0.2) is 22.0 Å². The number of ether oxygens (including phenoxy) is 2. The number of halogens is 1. The highest BCUT2D eigenvalue weighted by atomic mass is 79.9. The molecular weight excluding hydrogens is 616 g/mol. The molecule has 1 amide bonds. The summed E-state index contributed by atoms with van der Waals surface area (Å²) in [5.41, 5.74) is 5.67. The van der Waals surface area contributed by atoms with Gasteiger partial charge in [-0.25, -0.2) is 4.98 Å². The molecule has 4 rings (SSSR count). The monoisotopic (exact) mass is 658 g/mol. The minimum absolute atomic E-state index is 0.0351. The van der Waals surface area contributed by atoms with E-state index in [2.05, 4.69) is 74.7 Å². The number of thiazole rings is 1. The van der Waals surface area contributed by atoms with Crippen molar-refractivity contribution in [2.24, 2.45) is 0 Å². The van der Waals surface area contributed by atoms with Gasteiger partial charge in [0.25, 0.3) is 0 Å². The Morgan fingerprint density at radius 1 is 1.02 bits per heavy atom. The number of carbonyl (C=O) groups is 2. The number of aromatic nitrogens is 3. The maximum atomic E-state index is 13.1. The highest BCUT2D eigenvalue weighted by molar-refractivity contribution is 9.11. The van der Waals surface area contributed by atoms with E-state index in [1.807, 2.05) is 17.9 Å². The topological polar surface area (TPSA) is 86.6 Å². The second-order valence-electron chi connectivity index (χ2n) is 13.1. The standard InChI is InChI=1S/C32H43BrN4O4S/c1-19-14-22(17-26(39)40-8)35-37(19)18-25(38)36-12-10-20(11-13-36)30-34-27(29(33)42-30)21-15-23(31(2,3)4)28(41-9)24(16-21)32(5,6)7/h14-16,20H,10-13,17-18H2,1-9H3. The third-order valence-electron chi connectivity index (χ3n) is 7.85. The maximum Gasteiger partial charge on any atom is 0.311 e. The van der Waals surface area contributed by atoms with Crippen molar-refractivity contribution in [3.63, 3.8) is 0 Å². The fourth-order valence-electron chi connectivity index (χ4n) is 5.42. The summed E-state index contributed by atoms with van der Waals surface area (Å²) in [7, 11) is 3.11. The summed E-state index contributed by atoms with van der Waals surface area (Å²) < 4.78 is 13.4. The second-order valence-corrected chi connectivity index (χ2v) is 15.5. The quantitative estimate of drug-likeness (QED) is 0.260. The Kier molecular flexibility index (Phi) is 9.57. The molecule has 10 heteroatoms. The lowest BCUT2D eigenvalue weighted by atomic mass is 9.78. The Labute approximate surface area is 261 Å². The predicted octanol–water partition coefficient (Wildman–Crippen LogP) is 6.80. The van der Waals surface area contributed by atoms with Gasteiger partial charge in [-0.15, -0.1) is 11.3 Å². The zero-order valence-corrected chi connectivity index (χ0v) is 28.7. The van der Waals surface area contributed by atoms with E-state index >= 15 is 0 Å². The van der Waals surface area contributed by atoms with Crippen LogP contribution in [0.5, 0.6) is 5.75 Å². The summed E-state index contributed by atoms with van der Waals surface area (Å²) in [5.74, 6) is 0.936. The molecule has 228 valence electrons. The number of hydrogen-bond donors (Lipinski definition) is 0. The molecule has 0 atom stereocenters. The van der Waals surface area contributed by atoms with Gasteiger partial charge < -0.3 is 14.4 Å². The molecule has 0 spiro atoms. The van der Waals surface area contributed by atoms with Gasteiger partial charge in [0.05, 0.1) is 40.8 Å². The van der Waals surface area contributed by atoms with Gasteiger partial charge in [0, 0.05) is 41.4 Å². The molecule has 0 N–H and O–H groups in total. The van der Waals surface area contributed by atoms with Crippen LogP contribution in [0.3, 0.4) is 0 Å². The van der Waals surface area contributed by atoms with Crippen LogP contribution in [0, 0.1) is 6.92 Å². The van der Waals surface area contributed by atoms with Crippen molar-refractivity contribution >= 4 is 39.1 Å². The zero-order valence-electron chi connectivity index (χ0n) is 26.3. The van der Waals surface area contributed by atoms with Gasteiger partial charge >= 0.3 is 5.97 Å². The highest BCUT2D eigenvalue weighted by Gasteiger charge is 2.31. The van der Waals surface area contributed by atoms with E-state index in [9.17, 15) is 9.59 Å². The normalized spacial score (nSPS) is 14.8. The van der Waals surface area contributed by atoms with E-state index in [0.29, 0.717) is 24.7 Å². The first-order chi connectivity index (χ1) is 19.6. The van der Waals surface area contributed by atoms with Gasteiger partial charge in [-0.3, -0.25) is 14.3 Å².